The molecule has 130 valence electrons. The van der Waals surface area contributed by atoms with Crippen molar-refractivity contribution < 1.29 is 9.18 Å². The highest BCUT2D eigenvalue weighted by atomic mass is 127. The Hall–Kier alpha value is -1.38. The molecular weight excluding hydrogens is 410 g/mol. The van der Waals surface area contributed by atoms with Crippen LogP contribution in [0.3, 0.4) is 0 Å². The molecule has 0 aliphatic carbocycles. The van der Waals surface area contributed by atoms with Crippen LogP contribution in [0.2, 0.25) is 0 Å². The molecule has 0 radical (unpaired) electrons. The number of hydrogen-bond acceptors (Lipinski definition) is 2. The summed E-state index contributed by atoms with van der Waals surface area (Å²) in [6, 6.07) is 4.93. The molecule has 5 nitrogen and oxygen atoms in total. The molecule has 0 atom stereocenters. The van der Waals surface area contributed by atoms with Gasteiger partial charge in [-0.1, -0.05) is 19.1 Å². The van der Waals surface area contributed by atoms with Gasteiger partial charge >= 0.3 is 0 Å². The van der Waals surface area contributed by atoms with Crippen LogP contribution in [0.4, 0.5) is 4.39 Å². The monoisotopic (exact) mass is 436 g/mol. The van der Waals surface area contributed by atoms with Gasteiger partial charge < -0.3 is 16.0 Å². The number of aliphatic imine (C=N–C) groups is 1. The number of rotatable bonds is 7. The van der Waals surface area contributed by atoms with Gasteiger partial charge in [-0.05, 0) is 37.5 Å². The van der Waals surface area contributed by atoms with E-state index in [1.54, 1.807) is 19.1 Å². The maximum absolute atomic E-state index is 13.2. The third-order valence-electron chi connectivity index (χ3n) is 2.97. The Labute approximate surface area is 154 Å². The van der Waals surface area contributed by atoms with Crippen molar-refractivity contribution in [1.29, 1.82) is 0 Å². The van der Waals surface area contributed by atoms with E-state index in [4.69, 9.17) is 0 Å². The van der Waals surface area contributed by atoms with Crippen LogP contribution in [-0.4, -0.2) is 31.5 Å². The van der Waals surface area contributed by atoms with Gasteiger partial charge in [-0.25, -0.2) is 9.38 Å². The lowest BCUT2D eigenvalue weighted by molar-refractivity contribution is -0.120. The fraction of sp³-hybridized carbons (Fsp3) is 0.500. The van der Waals surface area contributed by atoms with E-state index in [2.05, 4.69) is 20.9 Å². The van der Waals surface area contributed by atoms with Gasteiger partial charge in [-0.15, -0.1) is 24.0 Å². The summed E-state index contributed by atoms with van der Waals surface area (Å²) in [7, 11) is 0. The van der Waals surface area contributed by atoms with Crippen LogP contribution < -0.4 is 16.0 Å². The van der Waals surface area contributed by atoms with Crippen molar-refractivity contribution >= 4 is 35.8 Å². The fourth-order valence-corrected chi connectivity index (χ4v) is 1.81. The molecule has 0 aliphatic rings. The number of guanidine groups is 1. The summed E-state index contributed by atoms with van der Waals surface area (Å²) in [5.41, 5.74) is 1.52. The first kappa shape index (κ1) is 21.6. The van der Waals surface area contributed by atoms with Crippen LogP contribution in [0.25, 0.3) is 0 Å². The first-order valence-electron chi connectivity index (χ1n) is 7.60. The third-order valence-corrected chi connectivity index (χ3v) is 2.97. The minimum Gasteiger partial charge on any atom is -0.357 e. The van der Waals surface area contributed by atoms with E-state index in [1.807, 2.05) is 13.8 Å². The summed E-state index contributed by atoms with van der Waals surface area (Å²) in [5.74, 6) is 0.284. The molecule has 0 spiro atoms. The molecule has 23 heavy (non-hydrogen) atoms. The maximum Gasteiger partial charge on any atom is 0.239 e. The molecule has 0 aromatic heterocycles. The summed E-state index contributed by atoms with van der Waals surface area (Å²) in [4.78, 5) is 16.0. The highest BCUT2D eigenvalue weighted by Gasteiger charge is 2.03. The lowest BCUT2D eigenvalue weighted by atomic mass is 10.1. The number of hydrogen-bond donors (Lipinski definition) is 3. The van der Waals surface area contributed by atoms with Crippen molar-refractivity contribution in [3.8, 4) is 0 Å². The number of nitrogens with one attached hydrogen (secondary N) is 3. The van der Waals surface area contributed by atoms with E-state index in [0.717, 1.165) is 12.0 Å². The minimum absolute atomic E-state index is 0. The van der Waals surface area contributed by atoms with E-state index in [-0.39, 0.29) is 42.2 Å². The fourth-order valence-electron chi connectivity index (χ4n) is 1.81. The van der Waals surface area contributed by atoms with Crippen LogP contribution in [0.1, 0.15) is 31.4 Å². The van der Waals surface area contributed by atoms with E-state index < -0.39 is 0 Å². The number of aryl methyl sites for hydroxylation is 1. The van der Waals surface area contributed by atoms with Crippen LogP contribution >= 0.6 is 24.0 Å². The molecule has 7 heteroatoms. The lowest BCUT2D eigenvalue weighted by Crippen LogP contribution is -2.43. The molecular formula is C16H26FIN4O. The zero-order chi connectivity index (χ0) is 16.4. The minimum atomic E-state index is -0.217. The first-order chi connectivity index (χ1) is 10.6. The van der Waals surface area contributed by atoms with Crippen molar-refractivity contribution in [2.24, 2.45) is 4.99 Å². The number of nitrogens with zero attached hydrogens (tertiary/aromatic N) is 1. The van der Waals surface area contributed by atoms with Gasteiger partial charge in [0.25, 0.3) is 0 Å². The Morgan fingerprint density at radius 1 is 1.22 bits per heavy atom. The Morgan fingerprint density at radius 3 is 2.57 bits per heavy atom. The van der Waals surface area contributed by atoms with Crippen molar-refractivity contribution in [2.75, 3.05) is 19.6 Å². The summed E-state index contributed by atoms with van der Waals surface area (Å²) < 4.78 is 13.2. The molecule has 1 aromatic carbocycles. The molecule has 1 rings (SSSR count). The van der Waals surface area contributed by atoms with Crippen LogP contribution in [0.15, 0.2) is 23.2 Å². The van der Waals surface area contributed by atoms with E-state index in [1.165, 1.54) is 6.07 Å². The quantitative estimate of drug-likeness (QED) is 0.349. The average molecular weight is 436 g/mol. The molecule has 0 fully saturated rings. The van der Waals surface area contributed by atoms with Gasteiger partial charge in [-0.2, -0.15) is 0 Å². The first-order valence-corrected chi connectivity index (χ1v) is 7.60. The van der Waals surface area contributed by atoms with Crippen molar-refractivity contribution in [1.82, 2.24) is 16.0 Å². The molecule has 3 N–H and O–H groups in total. The molecule has 1 aromatic rings. The normalized spacial score (nSPS) is 10.7. The number of carbonyl (C=O) groups excluding carboxylic acids is 1. The van der Waals surface area contributed by atoms with Crippen molar-refractivity contribution in [3.05, 3.63) is 35.1 Å². The summed E-state index contributed by atoms with van der Waals surface area (Å²) in [6.07, 6.45) is 0.907. The second kappa shape index (κ2) is 12.1. The SMILES string of the molecule is CCCNC(=O)CNC(=NCc1ccc(F)c(C)c1)NCC.I. The van der Waals surface area contributed by atoms with E-state index >= 15 is 0 Å². The zero-order valence-corrected chi connectivity index (χ0v) is 16.2. The van der Waals surface area contributed by atoms with Gasteiger partial charge in [0.15, 0.2) is 5.96 Å². The second-order valence-corrected chi connectivity index (χ2v) is 4.98. The Morgan fingerprint density at radius 2 is 1.96 bits per heavy atom. The van der Waals surface area contributed by atoms with Crippen LogP contribution in [-0.2, 0) is 11.3 Å². The number of halogens is 2. The summed E-state index contributed by atoms with van der Waals surface area (Å²) in [6.45, 7) is 7.65. The van der Waals surface area contributed by atoms with E-state index in [9.17, 15) is 9.18 Å². The molecule has 0 unspecified atom stereocenters. The molecule has 0 aliphatic heterocycles. The van der Waals surface area contributed by atoms with E-state index in [0.29, 0.717) is 31.2 Å². The smallest absolute Gasteiger partial charge is 0.239 e. The second-order valence-electron chi connectivity index (χ2n) is 4.98. The van der Waals surface area contributed by atoms with Gasteiger partial charge in [0, 0.05) is 13.1 Å². The number of carbonyl (C=O) groups is 1. The predicted octanol–water partition coefficient (Wildman–Crippen LogP) is 2.33. The van der Waals surface area contributed by atoms with Crippen molar-refractivity contribution in [3.63, 3.8) is 0 Å². The van der Waals surface area contributed by atoms with Gasteiger partial charge in [0.1, 0.15) is 5.82 Å². The average Bonchev–Trinajstić information content (AvgIpc) is 2.51. The summed E-state index contributed by atoms with van der Waals surface area (Å²) >= 11 is 0. The molecule has 1 amide bonds. The maximum atomic E-state index is 13.2. The third kappa shape index (κ3) is 8.73. The lowest BCUT2D eigenvalue weighted by Gasteiger charge is -2.11. The number of benzene rings is 1. The Kier molecular flexibility index (Phi) is 11.4. The molecule has 0 bridgehead atoms. The van der Waals surface area contributed by atoms with Crippen molar-refractivity contribution in [2.45, 2.75) is 33.7 Å². The van der Waals surface area contributed by atoms with Gasteiger partial charge in [0.05, 0.1) is 13.1 Å². The molecule has 0 saturated heterocycles. The topological polar surface area (TPSA) is 65.5 Å². The highest BCUT2D eigenvalue weighted by Crippen LogP contribution is 2.09. The van der Waals surface area contributed by atoms with Gasteiger partial charge in [0.2, 0.25) is 5.91 Å². The number of amides is 1. The van der Waals surface area contributed by atoms with Crippen LogP contribution in [0, 0.1) is 12.7 Å². The Balaban J connectivity index is 0.00000484. The standard InChI is InChI=1S/C16H25FN4O.HI/c1-4-8-19-15(22)11-21-16(18-5-2)20-10-13-6-7-14(17)12(3)9-13;/h6-7,9H,4-5,8,10-11H2,1-3H3,(H,19,22)(H2,18,20,21);1H. The Bertz CT molecular complexity index is 523. The zero-order valence-electron chi connectivity index (χ0n) is 13.9. The molecule has 0 saturated carbocycles. The van der Waals surface area contributed by atoms with Crippen LogP contribution in [0.5, 0.6) is 0 Å². The summed E-state index contributed by atoms with van der Waals surface area (Å²) in [5, 5.41) is 8.84. The van der Waals surface area contributed by atoms with Gasteiger partial charge in [-0.3, -0.25) is 4.79 Å². The predicted molar refractivity (Wildman–Crippen MR) is 103 cm³/mol. The molecule has 0 heterocycles. The highest BCUT2D eigenvalue weighted by molar-refractivity contribution is 14.0. The largest absolute Gasteiger partial charge is 0.357 e.